The van der Waals surface area contributed by atoms with Crippen LogP contribution in [0.15, 0.2) is 12.4 Å². The fraction of sp³-hybridized carbons (Fsp3) is 0.625. The van der Waals surface area contributed by atoms with Crippen LogP contribution < -0.4 is 5.73 Å². The van der Waals surface area contributed by atoms with E-state index in [-0.39, 0.29) is 19.4 Å². The number of alkyl halides is 2. The van der Waals surface area contributed by atoms with Gasteiger partial charge in [-0.2, -0.15) is 5.10 Å². The molecule has 5 heteroatoms. The molecule has 0 amide bonds. The Balaban J connectivity index is 2.21. The van der Waals surface area contributed by atoms with E-state index in [1.807, 2.05) is 0 Å². The second-order valence-electron chi connectivity index (χ2n) is 3.68. The molecule has 72 valence electrons. The van der Waals surface area contributed by atoms with Gasteiger partial charge in [-0.25, -0.2) is 8.78 Å². The van der Waals surface area contributed by atoms with Crippen molar-refractivity contribution in [3.05, 3.63) is 18.0 Å². The van der Waals surface area contributed by atoms with Crippen LogP contribution in [0.25, 0.3) is 0 Å². The number of aromatic nitrogens is 2. The Hall–Kier alpha value is -0.970. The predicted octanol–water partition coefficient (Wildman–Crippen LogP) is 1.04. The summed E-state index contributed by atoms with van der Waals surface area (Å²) in [5.41, 5.74) is 5.75. The second-order valence-corrected chi connectivity index (χ2v) is 3.68. The SMILES string of the molecule is NCC1(c2cn[nH]c2)CC(F)(F)C1. The Morgan fingerprint density at radius 3 is 2.62 bits per heavy atom. The summed E-state index contributed by atoms with van der Waals surface area (Å²) in [5, 5.41) is 6.36. The number of rotatable bonds is 2. The molecule has 3 N–H and O–H groups in total. The highest BCUT2D eigenvalue weighted by molar-refractivity contribution is 5.26. The summed E-state index contributed by atoms with van der Waals surface area (Å²) in [6.07, 6.45) is 2.90. The molecule has 1 aliphatic rings. The van der Waals surface area contributed by atoms with Crippen molar-refractivity contribution in [3.8, 4) is 0 Å². The number of hydrogen-bond acceptors (Lipinski definition) is 2. The van der Waals surface area contributed by atoms with Crippen LogP contribution in [0.4, 0.5) is 8.78 Å². The van der Waals surface area contributed by atoms with Gasteiger partial charge in [-0.15, -0.1) is 0 Å². The molecule has 3 nitrogen and oxygen atoms in total. The van der Waals surface area contributed by atoms with Crippen LogP contribution in [-0.2, 0) is 5.41 Å². The van der Waals surface area contributed by atoms with Crippen LogP contribution in [0.5, 0.6) is 0 Å². The standard InChI is InChI=1S/C8H11F2N3/c9-8(10)3-7(4-8,5-11)6-1-12-13-2-6/h1-2H,3-5,11H2,(H,12,13). The molecule has 1 aromatic heterocycles. The minimum Gasteiger partial charge on any atom is -0.330 e. The van der Waals surface area contributed by atoms with Crippen molar-refractivity contribution < 1.29 is 8.78 Å². The Morgan fingerprint density at radius 2 is 2.23 bits per heavy atom. The van der Waals surface area contributed by atoms with E-state index in [2.05, 4.69) is 10.2 Å². The highest BCUT2D eigenvalue weighted by atomic mass is 19.3. The van der Waals surface area contributed by atoms with Crippen molar-refractivity contribution in [2.45, 2.75) is 24.2 Å². The molecule has 0 unspecified atom stereocenters. The molecular weight excluding hydrogens is 176 g/mol. The monoisotopic (exact) mass is 187 g/mol. The van der Waals surface area contributed by atoms with E-state index in [4.69, 9.17) is 5.73 Å². The van der Waals surface area contributed by atoms with Gasteiger partial charge in [0.25, 0.3) is 0 Å². The van der Waals surface area contributed by atoms with Crippen molar-refractivity contribution in [2.24, 2.45) is 5.73 Å². The number of H-pyrrole nitrogens is 1. The van der Waals surface area contributed by atoms with Crippen LogP contribution >= 0.6 is 0 Å². The highest BCUT2D eigenvalue weighted by Crippen LogP contribution is 2.52. The van der Waals surface area contributed by atoms with Crippen molar-refractivity contribution >= 4 is 0 Å². The summed E-state index contributed by atoms with van der Waals surface area (Å²) in [6, 6.07) is 0. The Bertz CT molecular complexity index is 286. The topological polar surface area (TPSA) is 54.7 Å². The van der Waals surface area contributed by atoms with E-state index in [1.54, 1.807) is 12.4 Å². The average molecular weight is 187 g/mol. The second kappa shape index (κ2) is 2.51. The molecule has 0 bridgehead atoms. The first kappa shape index (κ1) is 8.62. The molecule has 0 spiro atoms. The van der Waals surface area contributed by atoms with E-state index in [0.717, 1.165) is 5.56 Å². The number of nitrogens with one attached hydrogen (secondary N) is 1. The molecule has 0 aliphatic heterocycles. The lowest BCUT2D eigenvalue weighted by molar-refractivity contribution is -0.123. The molecule has 1 aromatic rings. The first-order chi connectivity index (χ1) is 6.08. The lowest BCUT2D eigenvalue weighted by Crippen LogP contribution is -2.53. The van der Waals surface area contributed by atoms with Crippen molar-refractivity contribution in [1.29, 1.82) is 0 Å². The fourth-order valence-corrected chi connectivity index (χ4v) is 1.95. The van der Waals surface area contributed by atoms with E-state index < -0.39 is 11.3 Å². The molecule has 1 saturated carbocycles. The zero-order valence-corrected chi connectivity index (χ0v) is 7.06. The van der Waals surface area contributed by atoms with Gasteiger partial charge in [-0.1, -0.05) is 0 Å². The number of aromatic amines is 1. The van der Waals surface area contributed by atoms with Gasteiger partial charge in [0.2, 0.25) is 5.92 Å². The largest absolute Gasteiger partial charge is 0.330 e. The summed E-state index contributed by atoms with van der Waals surface area (Å²) in [7, 11) is 0. The van der Waals surface area contributed by atoms with Gasteiger partial charge in [0.15, 0.2) is 0 Å². The van der Waals surface area contributed by atoms with Crippen LogP contribution in [0.2, 0.25) is 0 Å². The smallest absolute Gasteiger partial charge is 0.250 e. The zero-order chi connectivity index (χ0) is 9.53. The summed E-state index contributed by atoms with van der Waals surface area (Å²) < 4.78 is 25.5. The van der Waals surface area contributed by atoms with Gasteiger partial charge in [0, 0.05) is 31.0 Å². The minimum absolute atomic E-state index is 0.157. The van der Waals surface area contributed by atoms with Crippen molar-refractivity contribution in [3.63, 3.8) is 0 Å². The third kappa shape index (κ3) is 1.23. The number of hydrogen-bond donors (Lipinski definition) is 2. The number of nitrogens with zero attached hydrogens (tertiary/aromatic N) is 1. The average Bonchev–Trinajstić information content (AvgIpc) is 2.51. The Kier molecular flexibility index (Phi) is 1.66. The van der Waals surface area contributed by atoms with E-state index >= 15 is 0 Å². The third-order valence-electron chi connectivity index (χ3n) is 2.70. The van der Waals surface area contributed by atoms with Crippen molar-refractivity contribution in [1.82, 2.24) is 10.2 Å². The fourth-order valence-electron chi connectivity index (χ4n) is 1.95. The third-order valence-corrected chi connectivity index (χ3v) is 2.70. The number of nitrogens with two attached hydrogens (primary N) is 1. The van der Waals surface area contributed by atoms with Gasteiger partial charge < -0.3 is 5.73 Å². The molecule has 0 radical (unpaired) electrons. The minimum atomic E-state index is -2.54. The number of halogens is 2. The summed E-state index contributed by atoms with van der Waals surface area (Å²) >= 11 is 0. The van der Waals surface area contributed by atoms with E-state index in [1.165, 1.54) is 0 Å². The molecule has 0 atom stereocenters. The predicted molar refractivity (Wildman–Crippen MR) is 43.5 cm³/mol. The van der Waals surface area contributed by atoms with Crippen LogP contribution in [0, 0.1) is 0 Å². The van der Waals surface area contributed by atoms with E-state index in [0.29, 0.717) is 0 Å². The van der Waals surface area contributed by atoms with Gasteiger partial charge in [0.05, 0.1) is 6.20 Å². The summed E-state index contributed by atoms with van der Waals surface area (Å²) in [4.78, 5) is 0. The maximum Gasteiger partial charge on any atom is 0.250 e. The van der Waals surface area contributed by atoms with Crippen LogP contribution in [0.3, 0.4) is 0 Å². The Labute approximate surface area is 74.3 Å². The van der Waals surface area contributed by atoms with Gasteiger partial charge in [-0.05, 0) is 5.56 Å². The summed E-state index contributed by atoms with van der Waals surface area (Å²) in [6.45, 7) is 0.252. The molecule has 1 aliphatic carbocycles. The molecular formula is C8H11F2N3. The van der Waals surface area contributed by atoms with Gasteiger partial charge >= 0.3 is 0 Å². The molecule has 1 heterocycles. The molecule has 13 heavy (non-hydrogen) atoms. The lowest BCUT2D eigenvalue weighted by Gasteiger charge is -2.46. The zero-order valence-electron chi connectivity index (χ0n) is 7.06. The quantitative estimate of drug-likeness (QED) is 0.726. The molecule has 0 saturated heterocycles. The molecule has 1 fully saturated rings. The molecule has 2 rings (SSSR count). The van der Waals surface area contributed by atoms with E-state index in [9.17, 15) is 8.78 Å². The van der Waals surface area contributed by atoms with Crippen LogP contribution in [0.1, 0.15) is 18.4 Å². The highest BCUT2D eigenvalue weighted by Gasteiger charge is 2.56. The summed E-state index contributed by atoms with van der Waals surface area (Å²) in [5.74, 6) is -2.54. The first-order valence-electron chi connectivity index (χ1n) is 4.15. The van der Waals surface area contributed by atoms with Gasteiger partial charge in [-0.3, -0.25) is 5.10 Å². The normalized spacial score (nSPS) is 23.9. The maximum absolute atomic E-state index is 12.7. The lowest BCUT2D eigenvalue weighted by atomic mass is 9.63. The molecule has 0 aromatic carbocycles. The van der Waals surface area contributed by atoms with Gasteiger partial charge in [0.1, 0.15) is 0 Å². The van der Waals surface area contributed by atoms with Crippen LogP contribution in [-0.4, -0.2) is 22.7 Å². The maximum atomic E-state index is 12.7. The first-order valence-corrected chi connectivity index (χ1v) is 4.15. The van der Waals surface area contributed by atoms with Crippen molar-refractivity contribution in [2.75, 3.05) is 6.54 Å². The Morgan fingerprint density at radius 1 is 1.54 bits per heavy atom.